The number of carbonyl (C=O) groups is 2. The molecule has 5 nitrogen and oxygen atoms in total. The summed E-state index contributed by atoms with van der Waals surface area (Å²) in [7, 11) is 0. The fourth-order valence-corrected chi connectivity index (χ4v) is 2.36. The summed E-state index contributed by atoms with van der Waals surface area (Å²) >= 11 is 0. The van der Waals surface area contributed by atoms with Gasteiger partial charge in [-0.2, -0.15) is 0 Å². The zero-order chi connectivity index (χ0) is 17.7. The highest BCUT2D eigenvalue weighted by atomic mass is 16.5. The maximum atomic E-state index is 12.8. The lowest BCUT2D eigenvalue weighted by molar-refractivity contribution is -0.145. The number of benzene rings is 1. The lowest BCUT2D eigenvalue weighted by atomic mass is 10.0. The Morgan fingerprint density at radius 3 is 2.33 bits per heavy atom. The molecule has 0 saturated carbocycles. The van der Waals surface area contributed by atoms with Crippen LogP contribution in [-0.2, 0) is 16.1 Å². The van der Waals surface area contributed by atoms with Crippen molar-refractivity contribution in [2.75, 3.05) is 0 Å². The largest absolute Gasteiger partial charge is 0.448 e. The Bertz CT molecular complexity index is 672. The number of esters is 1. The molecular formula is C19H24N2O3. The van der Waals surface area contributed by atoms with Crippen LogP contribution in [0, 0.1) is 0 Å². The van der Waals surface area contributed by atoms with Gasteiger partial charge in [-0.3, -0.25) is 4.79 Å². The van der Waals surface area contributed by atoms with Crippen molar-refractivity contribution in [3.8, 4) is 0 Å². The van der Waals surface area contributed by atoms with Crippen LogP contribution >= 0.6 is 0 Å². The third-order valence-corrected chi connectivity index (χ3v) is 3.71. The van der Waals surface area contributed by atoms with Crippen LogP contribution in [0.15, 0.2) is 48.7 Å². The van der Waals surface area contributed by atoms with Crippen LogP contribution in [0.2, 0.25) is 0 Å². The highest BCUT2D eigenvalue weighted by molar-refractivity contribution is 5.90. The molecule has 1 atom stereocenters. The summed E-state index contributed by atoms with van der Waals surface area (Å²) in [5.74, 6) is -0.749. The van der Waals surface area contributed by atoms with E-state index in [0.29, 0.717) is 12.2 Å². The number of aromatic amines is 1. The Morgan fingerprint density at radius 1 is 1.12 bits per heavy atom. The van der Waals surface area contributed by atoms with E-state index in [1.54, 1.807) is 30.2 Å². The molecule has 0 spiro atoms. The smallest absolute Gasteiger partial charge is 0.355 e. The number of amides is 1. The first-order valence-electron chi connectivity index (χ1n) is 7.99. The number of hydrogen-bond acceptors (Lipinski definition) is 3. The van der Waals surface area contributed by atoms with E-state index < -0.39 is 12.1 Å². The topological polar surface area (TPSA) is 62.4 Å². The number of hydrogen-bond donors (Lipinski definition) is 1. The lowest BCUT2D eigenvalue weighted by Crippen LogP contribution is -2.49. The van der Waals surface area contributed by atoms with Gasteiger partial charge in [0.05, 0.1) is 0 Å². The van der Waals surface area contributed by atoms with Gasteiger partial charge in [-0.15, -0.1) is 0 Å². The summed E-state index contributed by atoms with van der Waals surface area (Å²) in [6, 6.07) is 13.1. The second-order valence-corrected chi connectivity index (χ2v) is 6.71. The molecule has 0 fully saturated rings. The van der Waals surface area contributed by atoms with Crippen LogP contribution in [-0.4, -0.2) is 33.4 Å². The van der Waals surface area contributed by atoms with Crippen molar-refractivity contribution < 1.29 is 14.3 Å². The Labute approximate surface area is 142 Å². The third kappa shape index (κ3) is 4.47. The number of carbonyl (C=O) groups excluding carboxylic acids is 2. The van der Waals surface area contributed by atoms with Gasteiger partial charge in [-0.25, -0.2) is 4.79 Å². The summed E-state index contributed by atoms with van der Waals surface area (Å²) in [5, 5.41) is 0. The fourth-order valence-electron chi connectivity index (χ4n) is 2.36. The van der Waals surface area contributed by atoms with Gasteiger partial charge in [0.25, 0.3) is 5.91 Å². The van der Waals surface area contributed by atoms with Gasteiger partial charge in [-0.05, 0) is 45.4 Å². The first-order valence-corrected chi connectivity index (χ1v) is 7.99. The molecule has 1 amide bonds. The van der Waals surface area contributed by atoms with Gasteiger partial charge in [0.1, 0.15) is 5.69 Å². The molecule has 2 aromatic rings. The van der Waals surface area contributed by atoms with E-state index in [1.165, 1.54) is 0 Å². The third-order valence-electron chi connectivity index (χ3n) is 3.71. The second-order valence-electron chi connectivity index (χ2n) is 6.71. The van der Waals surface area contributed by atoms with Crippen molar-refractivity contribution in [3.63, 3.8) is 0 Å². The summed E-state index contributed by atoms with van der Waals surface area (Å²) in [5.41, 5.74) is 0.976. The highest BCUT2D eigenvalue weighted by Crippen LogP contribution is 2.20. The second kappa shape index (κ2) is 7.34. The van der Waals surface area contributed by atoms with E-state index in [1.807, 2.05) is 51.1 Å². The van der Waals surface area contributed by atoms with Crippen LogP contribution in [0.25, 0.3) is 0 Å². The van der Waals surface area contributed by atoms with E-state index in [4.69, 9.17) is 4.74 Å². The maximum absolute atomic E-state index is 12.8. The zero-order valence-electron chi connectivity index (χ0n) is 14.6. The number of rotatable bonds is 5. The first kappa shape index (κ1) is 17.8. The quantitative estimate of drug-likeness (QED) is 0.856. The van der Waals surface area contributed by atoms with Gasteiger partial charge < -0.3 is 14.6 Å². The Balaban J connectivity index is 2.11. The number of nitrogens with one attached hydrogen (secondary N) is 1. The molecule has 1 N–H and O–H groups in total. The normalized spacial score (nSPS) is 12.5. The standard InChI is InChI=1S/C19H24N2O3/c1-14(24-18(23)16-11-8-12-20-16)17(22)21(19(2,3)4)13-15-9-6-5-7-10-15/h5-12,14,20H,13H2,1-4H3/t14-/m1/s1. The maximum Gasteiger partial charge on any atom is 0.355 e. The minimum Gasteiger partial charge on any atom is -0.448 e. The average molecular weight is 328 g/mol. The van der Waals surface area contributed by atoms with Crippen molar-refractivity contribution in [1.29, 1.82) is 0 Å². The van der Waals surface area contributed by atoms with Gasteiger partial charge in [0.2, 0.25) is 0 Å². The van der Waals surface area contributed by atoms with Crippen LogP contribution < -0.4 is 0 Å². The zero-order valence-corrected chi connectivity index (χ0v) is 14.6. The van der Waals surface area contributed by atoms with Gasteiger partial charge in [0.15, 0.2) is 6.10 Å². The summed E-state index contributed by atoms with van der Waals surface area (Å²) in [4.78, 5) is 29.4. The van der Waals surface area contributed by atoms with Crippen LogP contribution in [0.3, 0.4) is 0 Å². The SMILES string of the molecule is C[C@@H](OC(=O)c1ccc[nH]1)C(=O)N(Cc1ccccc1)C(C)(C)C. The Kier molecular flexibility index (Phi) is 5.44. The van der Waals surface area contributed by atoms with E-state index in [9.17, 15) is 9.59 Å². The molecule has 5 heteroatoms. The molecule has 0 aliphatic rings. The van der Waals surface area contributed by atoms with Crippen LogP contribution in [0.5, 0.6) is 0 Å². The van der Waals surface area contributed by atoms with Gasteiger partial charge in [-0.1, -0.05) is 30.3 Å². The molecule has 0 radical (unpaired) electrons. The monoisotopic (exact) mass is 328 g/mol. The van der Waals surface area contributed by atoms with Crippen molar-refractivity contribution in [2.45, 2.75) is 45.9 Å². The highest BCUT2D eigenvalue weighted by Gasteiger charge is 2.32. The molecule has 0 aliphatic heterocycles. The average Bonchev–Trinajstić information content (AvgIpc) is 3.06. The number of nitrogens with zero attached hydrogens (tertiary/aromatic N) is 1. The van der Waals surface area contributed by atoms with Crippen LogP contribution in [0.4, 0.5) is 0 Å². The summed E-state index contributed by atoms with van der Waals surface area (Å²) in [6.45, 7) is 7.97. The van der Waals surface area contributed by atoms with Gasteiger partial charge >= 0.3 is 5.97 Å². The molecule has 1 aromatic carbocycles. The van der Waals surface area contributed by atoms with E-state index in [-0.39, 0.29) is 11.4 Å². The molecule has 0 unspecified atom stereocenters. The first-order chi connectivity index (χ1) is 11.3. The molecule has 1 aromatic heterocycles. The number of aromatic nitrogens is 1. The van der Waals surface area contributed by atoms with Crippen LogP contribution in [0.1, 0.15) is 43.7 Å². The fraction of sp³-hybridized carbons (Fsp3) is 0.368. The molecule has 128 valence electrons. The Hall–Kier alpha value is -2.56. The van der Waals surface area contributed by atoms with E-state index in [0.717, 1.165) is 5.56 Å². The lowest BCUT2D eigenvalue weighted by Gasteiger charge is -2.37. The number of H-pyrrole nitrogens is 1. The van der Waals surface area contributed by atoms with Gasteiger partial charge in [0, 0.05) is 18.3 Å². The van der Waals surface area contributed by atoms with E-state index in [2.05, 4.69) is 4.98 Å². The van der Waals surface area contributed by atoms with Crippen molar-refractivity contribution in [3.05, 3.63) is 59.9 Å². The molecule has 0 saturated heterocycles. The number of ether oxygens (including phenoxy) is 1. The predicted molar refractivity (Wildman–Crippen MR) is 92.4 cm³/mol. The molecule has 0 aliphatic carbocycles. The molecule has 24 heavy (non-hydrogen) atoms. The summed E-state index contributed by atoms with van der Waals surface area (Å²) < 4.78 is 5.31. The van der Waals surface area contributed by atoms with Crippen molar-refractivity contribution >= 4 is 11.9 Å². The van der Waals surface area contributed by atoms with Crippen molar-refractivity contribution in [1.82, 2.24) is 9.88 Å². The minimum absolute atomic E-state index is 0.216. The summed E-state index contributed by atoms with van der Waals surface area (Å²) in [6.07, 6.45) is 0.781. The Morgan fingerprint density at radius 2 is 1.79 bits per heavy atom. The van der Waals surface area contributed by atoms with E-state index >= 15 is 0 Å². The molecule has 2 rings (SSSR count). The minimum atomic E-state index is -0.858. The van der Waals surface area contributed by atoms with Crippen molar-refractivity contribution in [2.24, 2.45) is 0 Å². The predicted octanol–water partition coefficient (Wildman–Crippen LogP) is 3.39. The molecule has 1 heterocycles. The molecular weight excluding hydrogens is 304 g/mol. The molecule has 0 bridgehead atoms.